The molecule has 0 aliphatic carbocycles. The molecule has 2 rings (SSSR count). The third-order valence-corrected chi connectivity index (χ3v) is 3.29. The van der Waals surface area contributed by atoms with Crippen LogP contribution in [-0.2, 0) is 9.47 Å². The lowest BCUT2D eigenvalue weighted by atomic mass is 10.1. The molecule has 2 aromatic rings. The first-order valence-corrected chi connectivity index (χ1v) is 7.63. The number of Topliss-reactive ketones (excluding diaryl/α,β-unsaturated/α-hetero) is 2. The van der Waals surface area contributed by atoms with Gasteiger partial charge in [-0.2, -0.15) is 0 Å². The van der Waals surface area contributed by atoms with Gasteiger partial charge in [-0.05, 0) is 0 Å². The van der Waals surface area contributed by atoms with Crippen molar-refractivity contribution in [3.63, 3.8) is 0 Å². The largest absolute Gasteiger partial charge is 0.508 e. The third-order valence-electron chi connectivity index (χ3n) is 3.29. The number of ether oxygens (including phenoxy) is 2. The summed E-state index contributed by atoms with van der Waals surface area (Å²) in [4.78, 5) is 35.0. The normalized spacial score (nSPS) is 10.0. The van der Waals surface area contributed by atoms with Crippen LogP contribution in [0.1, 0.15) is 33.6 Å². The van der Waals surface area contributed by atoms with Gasteiger partial charge < -0.3 is 9.47 Å². The van der Waals surface area contributed by atoms with Crippen LogP contribution < -0.4 is 0 Å². The van der Waals surface area contributed by atoms with Crippen molar-refractivity contribution in [2.75, 3.05) is 13.2 Å². The second-order valence-electron chi connectivity index (χ2n) is 5.03. The van der Waals surface area contributed by atoms with Gasteiger partial charge in [-0.25, -0.2) is 4.79 Å². The molecule has 0 radical (unpaired) electrons. The van der Waals surface area contributed by atoms with Crippen molar-refractivity contribution in [2.24, 2.45) is 0 Å². The van der Waals surface area contributed by atoms with Crippen LogP contribution in [0.3, 0.4) is 0 Å². The summed E-state index contributed by atoms with van der Waals surface area (Å²) in [5, 5.41) is 0. The van der Waals surface area contributed by atoms with Gasteiger partial charge in [0.05, 0.1) is 0 Å². The van der Waals surface area contributed by atoms with Crippen LogP contribution in [0.2, 0.25) is 0 Å². The van der Waals surface area contributed by atoms with E-state index in [0.29, 0.717) is 11.1 Å². The monoisotopic (exact) mass is 326 g/mol. The number of carbonyl (C=O) groups is 3. The summed E-state index contributed by atoms with van der Waals surface area (Å²) in [6, 6.07) is 17.5. The minimum atomic E-state index is -0.878. The van der Waals surface area contributed by atoms with E-state index in [1.165, 1.54) is 0 Å². The summed E-state index contributed by atoms with van der Waals surface area (Å²) in [6.45, 7) is -0.113. The van der Waals surface area contributed by atoms with Gasteiger partial charge in [0.15, 0.2) is 11.6 Å². The first kappa shape index (κ1) is 17.4. The number of hydrogen-bond acceptors (Lipinski definition) is 5. The highest BCUT2D eigenvalue weighted by Gasteiger charge is 2.10. The maximum Gasteiger partial charge on any atom is 0.508 e. The Morgan fingerprint density at radius 3 is 1.38 bits per heavy atom. The van der Waals surface area contributed by atoms with E-state index in [1.807, 2.05) is 12.1 Å². The SMILES string of the molecule is O=C(OCCC(=O)c1ccccc1)OCCC(=O)c1ccccc1. The van der Waals surface area contributed by atoms with E-state index >= 15 is 0 Å². The highest BCUT2D eigenvalue weighted by Crippen LogP contribution is 2.05. The molecule has 0 spiro atoms. The molecule has 0 fully saturated rings. The van der Waals surface area contributed by atoms with Crippen molar-refractivity contribution in [3.05, 3.63) is 71.8 Å². The lowest BCUT2D eigenvalue weighted by molar-refractivity contribution is 0.0520. The molecule has 0 aliphatic rings. The van der Waals surface area contributed by atoms with Gasteiger partial charge in [0.1, 0.15) is 13.2 Å². The highest BCUT2D eigenvalue weighted by atomic mass is 16.7. The van der Waals surface area contributed by atoms with Crippen molar-refractivity contribution in [1.29, 1.82) is 0 Å². The molecular weight excluding hydrogens is 308 g/mol. The molecule has 0 amide bonds. The smallest absolute Gasteiger partial charge is 0.434 e. The topological polar surface area (TPSA) is 69.7 Å². The van der Waals surface area contributed by atoms with Gasteiger partial charge in [-0.3, -0.25) is 9.59 Å². The molecule has 24 heavy (non-hydrogen) atoms. The number of hydrogen-bond donors (Lipinski definition) is 0. The maximum absolute atomic E-state index is 11.8. The summed E-state index contributed by atoms with van der Waals surface area (Å²) in [7, 11) is 0. The molecule has 0 saturated heterocycles. The second kappa shape index (κ2) is 9.25. The maximum atomic E-state index is 11.8. The molecule has 124 valence electrons. The fourth-order valence-corrected chi connectivity index (χ4v) is 2.03. The van der Waals surface area contributed by atoms with Gasteiger partial charge >= 0.3 is 6.16 Å². The standard InChI is InChI=1S/C19H18O5/c20-17(15-7-3-1-4-8-15)11-13-23-19(22)24-14-12-18(21)16-9-5-2-6-10-16/h1-10H,11-14H2. The summed E-state index contributed by atoms with van der Waals surface area (Å²) < 4.78 is 9.66. The van der Waals surface area contributed by atoms with Gasteiger partial charge in [0, 0.05) is 24.0 Å². The predicted molar refractivity (Wildman–Crippen MR) is 88.1 cm³/mol. The molecule has 0 atom stereocenters. The summed E-state index contributed by atoms with van der Waals surface area (Å²) in [6.07, 6.45) is -0.707. The number of carbonyl (C=O) groups excluding carboxylic acids is 3. The molecule has 2 aromatic carbocycles. The quantitative estimate of drug-likeness (QED) is 0.546. The van der Waals surface area contributed by atoms with Crippen LogP contribution in [0.5, 0.6) is 0 Å². The number of rotatable bonds is 8. The first-order chi connectivity index (χ1) is 11.7. The fourth-order valence-electron chi connectivity index (χ4n) is 2.03. The zero-order chi connectivity index (χ0) is 17.2. The van der Waals surface area contributed by atoms with E-state index < -0.39 is 6.16 Å². The van der Waals surface area contributed by atoms with E-state index in [1.54, 1.807) is 48.5 Å². The molecule has 0 aromatic heterocycles. The van der Waals surface area contributed by atoms with E-state index in [9.17, 15) is 14.4 Å². The Kier molecular flexibility index (Phi) is 6.71. The van der Waals surface area contributed by atoms with Gasteiger partial charge in [0.25, 0.3) is 0 Å². The lowest BCUT2D eigenvalue weighted by Crippen LogP contribution is -2.14. The van der Waals surface area contributed by atoms with E-state index in [0.717, 1.165) is 0 Å². The molecular formula is C19H18O5. The average molecular weight is 326 g/mol. The van der Waals surface area contributed by atoms with Crippen LogP contribution in [0.25, 0.3) is 0 Å². The number of ketones is 2. The Labute approximate surface area is 140 Å². The van der Waals surface area contributed by atoms with Crippen molar-refractivity contribution < 1.29 is 23.9 Å². The molecule has 5 nitrogen and oxygen atoms in total. The first-order valence-electron chi connectivity index (χ1n) is 7.63. The van der Waals surface area contributed by atoms with Crippen molar-refractivity contribution in [2.45, 2.75) is 12.8 Å². The molecule has 0 saturated carbocycles. The molecule has 0 N–H and O–H groups in total. The summed E-state index contributed by atoms with van der Waals surface area (Å²) >= 11 is 0. The fraction of sp³-hybridized carbons (Fsp3) is 0.211. The van der Waals surface area contributed by atoms with E-state index in [2.05, 4.69) is 0 Å². The molecule has 0 aliphatic heterocycles. The Balaban J connectivity index is 1.62. The van der Waals surface area contributed by atoms with Gasteiger partial charge in [-0.15, -0.1) is 0 Å². The Bertz CT molecular complexity index is 620. The van der Waals surface area contributed by atoms with Crippen LogP contribution in [-0.4, -0.2) is 30.9 Å². The Morgan fingerprint density at radius 1 is 0.625 bits per heavy atom. The van der Waals surface area contributed by atoms with Gasteiger partial charge in [-0.1, -0.05) is 60.7 Å². The van der Waals surface area contributed by atoms with Crippen LogP contribution >= 0.6 is 0 Å². The van der Waals surface area contributed by atoms with Crippen LogP contribution in [0, 0.1) is 0 Å². The predicted octanol–water partition coefficient (Wildman–Crippen LogP) is 3.69. The van der Waals surface area contributed by atoms with E-state index in [4.69, 9.17) is 9.47 Å². The van der Waals surface area contributed by atoms with Crippen LogP contribution in [0.4, 0.5) is 4.79 Å². The Morgan fingerprint density at radius 2 is 1.00 bits per heavy atom. The van der Waals surface area contributed by atoms with E-state index in [-0.39, 0.29) is 37.6 Å². The summed E-state index contributed by atoms with van der Waals surface area (Å²) in [5.74, 6) is -0.217. The van der Waals surface area contributed by atoms with Gasteiger partial charge in [0.2, 0.25) is 0 Å². The average Bonchev–Trinajstić information content (AvgIpc) is 2.63. The zero-order valence-corrected chi connectivity index (χ0v) is 13.1. The zero-order valence-electron chi connectivity index (χ0n) is 13.1. The van der Waals surface area contributed by atoms with Crippen molar-refractivity contribution in [1.82, 2.24) is 0 Å². The Hall–Kier alpha value is -2.95. The molecule has 0 unspecified atom stereocenters. The molecule has 5 heteroatoms. The minimum absolute atomic E-state index is 0.0564. The van der Waals surface area contributed by atoms with Crippen molar-refractivity contribution in [3.8, 4) is 0 Å². The van der Waals surface area contributed by atoms with Crippen molar-refractivity contribution >= 4 is 17.7 Å². The third kappa shape index (κ3) is 5.68. The highest BCUT2D eigenvalue weighted by molar-refractivity contribution is 5.96. The second-order valence-corrected chi connectivity index (χ2v) is 5.03. The molecule has 0 heterocycles. The lowest BCUT2D eigenvalue weighted by Gasteiger charge is -2.06. The van der Waals surface area contributed by atoms with Crippen LogP contribution in [0.15, 0.2) is 60.7 Å². The number of benzene rings is 2. The molecule has 0 bridgehead atoms. The summed E-state index contributed by atoms with van der Waals surface area (Å²) in [5.41, 5.74) is 1.14. The minimum Gasteiger partial charge on any atom is -0.434 e.